The molecule has 0 aliphatic carbocycles. The van der Waals surface area contributed by atoms with Crippen molar-refractivity contribution in [2.24, 2.45) is 0 Å². The number of phenols is 1. The molecular formula is C19H24O. The molecule has 2 aromatic carbocycles. The predicted molar refractivity (Wildman–Crippen MR) is 85.5 cm³/mol. The van der Waals surface area contributed by atoms with Crippen molar-refractivity contribution in [2.75, 3.05) is 0 Å². The fraction of sp³-hybridized carbons (Fsp3) is 0.368. The second-order valence-corrected chi connectivity index (χ2v) is 5.73. The number of benzene rings is 2. The molecule has 0 fully saturated rings. The van der Waals surface area contributed by atoms with E-state index in [4.69, 9.17) is 0 Å². The topological polar surface area (TPSA) is 20.2 Å². The predicted octanol–water partition coefficient (Wildman–Crippen LogP) is 5.37. The quantitative estimate of drug-likeness (QED) is 0.790. The van der Waals surface area contributed by atoms with Crippen LogP contribution in [-0.2, 0) is 0 Å². The molecule has 2 rings (SSSR count). The lowest BCUT2D eigenvalue weighted by Crippen LogP contribution is -2.01. The van der Waals surface area contributed by atoms with Gasteiger partial charge in [-0.25, -0.2) is 0 Å². The van der Waals surface area contributed by atoms with Gasteiger partial charge in [-0.15, -0.1) is 0 Å². The van der Waals surface area contributed by atoms with E-state index in [2.05, 4.69) is 52.0 Å². The summed E-state index contributed by atoms with van der Waals surface area (Å²) in [6.07, 6.45) is 1.04. The number of rotatable bonds is 4. The summed E-state index contributed by atoms with van der Waals surface area (Å²) >= 11 is 0. The van der Waals surface area contributed by atoms with Gasteiger partial charge in [-0.2, -0.15) is 0 Å². The van der Waals surface area contributed by atoms with Gasteiger partial charge in [0.2, 0.25) is 0 Å². The van der Waals surface area contributed by atoms with E-state index in [1.54, 1.807) is 0 Å². The molecule has 0 saturated heterocycles. The van der Waals surface area contributed by atoms with Crippen LogP contribution in [0.4, 0.5) is 0 Å². The Morgan fingerprint density at radius 3 is 2.20 bits per heavy atom. The first-order valence-electron chi connectivity index (χ1n) is 7.43. The van der Waals surface area contributed by atoms with Crippen LogP contribution in [0.5, 0.6) is 5.75 Å². The third-order valence-corrected chi connectivity index (χ3v) is 4.22. The Bertz CT molecular complexity index is 572. The van der Waals surface area contributed by atoms with E-state index >= 15 is 0 Å². The summed E-state index contributed by atoms with van der Waals surface area (Å²) in [4.78, 5) is 0. The van der Waals surface area contributed by atoms with Crippen LogP contribution in [0.2, 0.25) is 0 Å². The van der Waals surface area contributed by atoms with Gasteiger partial charge < -0.3 is 5.11 Å². The van der Waals surface area contributed by atoms with Crippen molar-refractivity contribution in [1.29, 1.82) is 0 Å². The molecule has 0 aromatic heterocycles. The zero-order valence-corrected chi connectivity index (χ0v) is 12.9. The van der Waals surface area contributed by atoms with Gasteiger partial charge in [0.25, 0.3) is 0 Å². The van der Waals surface area contributed by atoms with Gasteiger partial charge >= 0.3 is 0 Å². The molecule has 0 saturated carbocycles. The van der Waals surface area contributed by atoms with Crippen LogP contribution in [0.15, 0.2) is 42.5 Å². The number of hydrogen-bond donors (Lipinski definition) is 1. The fourth-order valence-corrected chi connectivity index (χ4v) is 2.68. The van der Waals surface area contributed by atoms with E-state index in [-0.39, 0.29) is 5.92 Å². The maximum Gasteiger partial charge on any atom is 0.122 e. The van der Waals surface area contributed by atoms with Gasteiger partial charge in [0.15, 0.2) is 0 Å². The molecule has 1 nitrogen and oxygen atoms in total. The summed E-state index contributed by atoms with van der Waals surface area (Å²) in [5.41, 5.74) is 4.57. The van der Waals surface area contributed by atoms with Gasteiger partial charge in [0, 0.05) is 11.5 Å². The van der Waals surface area contributed by atoms with E-state index in [1.165, 1.54) is 11.1 Å². The maximum atomic E-state index is 10.6. The number of aromatic hydroxyl groups is 1. The van der Waals surface area contributed by atoms with E-state index < -0.39 is 0 Å². The number of phenolic OH excluding ortho intramolecular Hbond substituents is 1. The Kier molecular flexibility index (Phi) is 4.49. The van der Waals surface area contributed by atoms with Gasteiger partial charge in [-0.05, 0) is 30.4 Å². The lowest BCUT2D eigenvalue weighted by Gasteiger charge is -2.20. The first-order chi connectivity index (χ1) is 9.54. The minimum Gasteiger partial charge on any atom is -0.507 e. The highest BCUT2D eigenvalue weighted by Crippen LogP contribution is 2.38. The summed E-state index contributed by atoms with van der Waals surface area (Å²) in [6, 6.07) is 14.6. The Balaban J connectivity index is 2.49. The molecule has 0 amide bonds. The Morgan fingerprint density at radius 1 is 1.00 bits per heavy atom. The molecule has 2 atom stereocenters. The van der Waals surface area contributed by atoms with Crippen LogP contribution < -0.4 is 0 Å². The van der Waals surface area contributed by atoms with Gasteiger partial charge in [0.05, 0.1) is 0 Å². The summed E-state index contributed by atoms with van der Waals surface area (Å²) in [6.45, 7) is 8.59. The normalized spacial score (nSPS) is 14.0. The molecular weight excluding hydrogens is 244 g/mol. The fourth-order valence-electron chi connectivity index (χ4n) is 2.68. The van der Waals surface area contributed by atoms with Gasteiger partial charge in [-0.1, -0.05) is 68.8 Å². The molecule has 2 aromatic rings. The molecule has 0 spiro atoms. The van der Waals surface area contributed by atoms with Crippen LogP contribution >= 0.6 is 0 Å². The third kappa shape index (κ3) is 2.87. The lowest BCUT2D eigenvalue weighted by atomic mass is 9.86. The van der Waals surface area contributed by atoms with Crippen molar-refractivity contribution < 1.29 is 5.11 Å². The van der Waals surface area contributed by atoms with Crippen LogP contribution in [0, 0.1) is 6.92 Å². The molecule has 106 valence electrons. The highest BCUT2D eigenvalue weighted by molar-refractivity contribution is 5.49. The first-order valence-corrected chi connectivity index (χ1v) is 7.43. The molecule has 2 unspecified atom stereocenters. The smallest absolute Gasteiger partial charge is 0.122 e. The molecule has 20 heavy (non-hydrogen) atoms. The average Bonchev–Trinajstić information content (AvgIpc) is 2.48. The van der Waals surface area contributed by atoms with Crippen molar-refractivity contribution >= 4 is 0 Å². The first kappa shape index (κ1) is 14.6. The van der Waals surface area contributed by atoms with E-state index in [1.807, 2.05) is 18.2 Å². The van der Waals surface area contributed by atoms with Crippen LogP contribution in [-0.4, -0.2) is 5.11 Å². The van der Waals surface area contributed by atoms with Crippen molar-refractivity contribution in [3.8, 4) is 5.75 Å². The van der Waals surface area contributed by atoms with Crippen LogP contribution in [0.3, 0.4) is 0 Å². The maximum absolute atomic E-state index is 10.6. The van der Waals surface area contributed by atoms with Gasteiger partial charge in [0.1, 0.15) is 5.75 Å². The minimum absolute atomic E-state index is 0.207. The molecule has 0 bridgehead atoms. The zero-order valence-electron chi connectivity index (χ0n) is 12.9. The molecule has 0 aliphatic rings. The number of hydrogen-bond acceptors (Lipinski definition) is 1. The largest absolute Gasteiger partial charge is 0.507 e. The van der Waals surface area contributed by atoms with Crippen LogP contribution in [0.25, 0.3) is 0 Å². The highest BCUT2D eigenvalue weighted by Gasteiger charge is 2.18. The van der Waals surface area contributed by atoms with E-state index in [0.29, 0.717) is 11.7 Å². The second kappa shape index (κ2) is 6.13. The monoisotopic (exact) mass is 268 g/mol. The van der Waals surface area contributed by atoms with E-state index in [0.717, 1.165) is 17.5 Å². The van der Waals surface area contributed by atoms with Crippen molar-refractivity contribution in [3.05, 3.63) is 64.7 Å². The average molecular weight is 268 g/mol. The Labute approximate surface area is 122 Å². The Hall–Kier alpha value is -1.76. The standard InChI is InChI=1S/C19H24O/c1-5-14(3)17-11-13(2)12-18(19(17)20)15(4)16-9-7-6-8-10-16/h6-12,14-15,20H,5H2,1-4H3. The van der Waals surface area contributed by atoms with Crippen LogP contribution in [0.1, 0.15) is 61.3 Å². The van der Waals surface area contributed by atoms with Gasteiger partial charge in [-0.3, -0.25) is 0 Å². The summed E-state index contributed by atoms with van der Waals surface area (Å²) in [5, 5.41) is 10.6. The lowest BCUT2D eigenvalue weighted by molar-refractivity contribution is 0.452. The van der Waals surface area contributed by atoms with Crippen molar-refractivity contribution in [2.45, 2.75) is 46.0 Å². The number of aryl methyl sites for hydroxylation is 1. The summed E-state index contributed by atoms with van der Waals surface area (Å²) < 4.78 is 0. The SMILES string of the molecule is CCC(C)c1cc(C)cc(C(C)c2ccccc2)c1O. The minimum atomic E-state index is 0.207. The highest BCUT2D eigenvalue weighted by atomic mass is 16.3. The second-order valence-electron chi connectivity index (χ2n) is 5.73. The molecule has 1 heteroatoms. The zero-order chi connectivity index (χ0) is 14.7. The molecule has 0 radical (unpaired) electrons. The summed E-state index contributed by atoms with van der Waals surface area (Å²) in [7, 11) is 0. The third-order valence-electron chi connectivity index (χ3n) is 4.22. The van der Waals surface area contributed by atoms with E-state index in [9.17, 15) is 5.11 Å². The molecule has 0 aliphatic heterocycles. The molecule has 1 N–H and O–H groups in total. The summed E-state index contributed by atoms with van der Waals surface area (Å²) in [5.74, 6) is 1.07. The van der Waals surface area contributed by atoms with Crippen molar-refractivity contribution in [1.82, 2.24) is 0 Å². The Morgan fingerprint density at radius 2 is 1.60 bits per heavy atom. The van der Waals surface area contributed by atoms with Crippen molar-refractivity contribution in [3.63, 3.8) is 0 Å². The molecule has 0 heterocycles.